The Morgan fingerprint density at radius 3 is 3.14 bits per heavy atom. The zero-order valence-electron chi connectivity index (χ0n) is 8.07. The number of aliphatic hydroxyl groups excluding tert-OH is 1. The van der Waals surface area contributed by atoms with E-state index in [-0.39, 0.29) is 12.6 Å². The molecule has 0 aromatic heterocycles. The van der Waals surface area contributed by atoms with Crippen molar-refractivity contribution in [3.05, 3.63) is 35.4 Å². The van der Waals surface area contributed by atoms with Gasteiger partial charge in [0.25, 0.3) is 0 Å². The molecule has 76 valence electrons. The monoisotopic (exact) mass is 193 g/mol. The summed E-state index contributed by atoms with van der Waals surface area (Å²) in [5.74, 6) is 0. The van der Waals surface area contributed by atoms with E-state index in [1.165, 1.54) is 5.56 Å². The van der Waals surface area contributed by atoms with Crippen LogP contribution in [0.1, 0.15) is 17.2 Å². The van der Waals surface area contributed by atoms with Gasteiger partial charge in [0.2, 0.25) is 0 Å². The van der Waals surface area contributed by atoms with E-state index in [4.69, 9.17) is 9.84 Å². The number of nitrogens with one attached hydrogen (secondary N) is 1. The molecular formula is C11H15NO2. The second-order valence-corrected chi connectivity index (χ2v) is 3.48. The summed E-state index contributed by atoms with van der Waals surface area (Å²) in [6.07, 6.45) is 0. The van der Waals surface area contributed by atoms with Crippen LogP contribution < -0.4 is 5.32 Å². The Labute approximate surface area is 83.7 Å². The van der Waals surface area contributed by atoms with Crippen LogP contribution in [0.4, 0.5) is 0 Å². The summed E-state index contributed by atoms with van der Waals surface area (Å²) in [5.41, 5.74) is 2.14. The Balaban J connectivity index is 2.13. The largest absolute Gasteiger partial charge is 0.392 e. The highest BCUT2D eigenvalue weighted by molar-refractivity contribution is 5.25. The van der Waals surface area contributed by atoms with Crippen molar-refractivity contribution in [1.29, 1.82) is 0 Å². The molecule has 1 aliphatic rings. The van der Waals surface area contributed by atoms with Crippen LogP contribution >= 0.6 is 0 Å². The molecule has 1 unspecified atom stereocenters. The molecule has 1 atom stereocenters. The van der Waals surface area contributed by atoms with Gasteiger partial charge in [-0.05, 0) is 11.1 Å². The van der Waals surface area contributed by atoms with Gasteiger partial charge in [-0.3, -0.25) is 0 Å². The van der Waals surface area contributed by atoms with Crippen LogP contribution in [0.5, 0.6) is 0 Å². The van der Waals surface area contributed by atoms with E-state index in [2.05, 4.69) is 11.4 Å². The first-order valence-corrected chi connectivity index (χ1v) is 4.91. The van der Waals surface area contributed by atoms with Gasteiger partial charge in [0, 0.05) is 6.54 Å². The van der Waals surface area contributed by atoms with Crippen molar-refractivity contribution in [3.8, 4) is 0 Å². The smallest absolute Gasteiger partial charge is 0.0681 e. The number of benzene rings is 1. The fourth-order valence-electron chi connectivity index (χ4n) is 1.69. The third-order valence-corrected chi connectivity index (χ3v) is 2.46. The standard InChI is InChI=1S/C11H15NO2/c13-7-9-2-1-3-10(6-9)11-8-14-5-4-12-11/h1-3,6,11-13H,4-5,7-8H2. The quantitative estimate of drug-likeness (QED) is 0.731. The highest BCUT2D eigenvalue weighted by atomic mass is 16.5. The fraction of sp³-hybridized carbons (Fsp3) is 0.455. The highest BCUT2D eigenvalue weighted by Crippen LogP contribution is 2.16. The summed E-state index contributed by atoms with van der Waals surface area (Å²) in [4.78, 5) is 0. The lowest BCUT2D eigenvalue weighted by molar-refractivity contribution is 0.0768. The number of ether oxygens (including phenoxy) is 1. The lowest BCUT2D eigenvalue weighted by atomic mass is 10.0. The summed E-state index contributed by atoms with van der Waals surface area (Å²) in [6.45, 7) is 2.50. The number of rotatable bonds is 2. The van der Waals surface area contributed by atoms with Crippen LogP contribution in [0.3, 0.4) is 0 Å². The van der Waals surface area contributed by atoms with Gasteiger partial charge in [0.1, 0.15) is 0 Å². The van der Waals surface area contributed by atoms with E-state index in [0.717, 1.165) is 25.3 Å². The minimum absolute atomic E-state index is 0.0986. The van der Waals surface area contributed by atoms with Gasteiger partial charge >= 0.3 is 0 Å². The minimum atomic E-state index is 0.0986. The SMILES string of the molecule is OCc1cccc(C2COCCN2)c1. The number of aliphatic hydroxyl groups is 1. The van der Waals surface area contributed by atoms with Crippen LogP contribution in [-0.4, -0.2) is 24.9 Å². The van der Waals surface area contributed by atoms with Crippen LogP contribution in [0.25, 0.3) is 0 Å². The van der Waals surface area contributed by atoms with E-state index in [1.807, 2.05) is 18.2 Å². The van der Waals surface area contributed by atoms with Crippen LogP contribution in [0.2, 0.25) is 0 Å². The van der Waals surface area contributed by atoms with Gasteiger partial charge in [-0.25, -0.2) is 0 Å². The Bertz CT molecular complexity index is 295. The van der Waals surface area contributed by atoms with Crippen molar-refractivity contribution in [2.24, 2.45) is 0 Å². The summed E-state index contributed by atoms with van der Waals surface area (Å²) >= 11 is 0. The molecule has 0 spiro atoms. The molecule has 1 heterocycles. The molecule has 0 aliphatic carbocycles. The average Bonchev–Trinajstić information content (AvgIpc) is 2.30. The maximum atomic E-state index is 9.01. The predicted molar refractivity (Wildman–Crippen MR) is 53.9 cm³/mol. The molecular weight excluding hydrogens is 178 g/mol. The predicted octanol–water partition coefficient (Wildman–Crippen LogP) is 0.840. The second kappa shape index (κ2) is 4.55. The Morgan fingerprint density at radius 1 is 1.50 bits per heavy atom. The van der Waals surface area contributed by atoms with E-state index >= 15 is 0 Å². The molecule has 0 saturated carbocycles. The zero-order valence-corrected chi connectivity index (χ0v) is 8.07. The maximum Gasteiger partial charge on any atom is 0.0681 e. The van der Waals surface area contributed by atoms with Crippen molar-refractivity contribution < 1.29 is 9.84 Å². The molecule has 2 N–H and O–H groups in total. The third-order valence-electron chi connectivity index (χ3n) is 2.46. The van der Waals surface area contributed by atoms with Crippen molar-refractivity contribution in [1.82, 2.24) is 5.32 Å². The molecule has 0 amide bonds. The van der Waals surface area contributed by atoms with Crippen molar-refractivity contribution in [2.75, 3.05) is 19.8 Å². The zero-order chi connectivity index (χ0) is 9.80. The number of hydrogen-bond donors (Lipinski definition) is 2. The summed E-state index contributed by atoms with van der Waals surface area (Å²) in [7, 11) is 0. The number of morpholine rings is 1. The second-order valence-electron chi connectivity index (χ2n) is 3.48. The summed E-state index contributed by atoms with van der Waals surface area (Å²) in [6, 6.07) is 8.25. The molecule has 3 nitrogen and oxygen atoms in total. The Morgan fingerprint density at radius 2 is 2.43 bits per heavy atom. The molecule has 1 aliphatic heterocycles. The molecule has 14 heavy (non-hydrogen) atoms. The molecule has 1 aromatic rings. The van der Waals surface area contributed by atoms with E-state index in [1.54, 1.807) is 0 Å². The van der Waals surface area contributed by atoms with E-state index in [9.17, 15) is 0 Å². The lowest BCUT2D eigenvalue weighted by Gasteiger charge is -2.24. The molecule has 2 rings (SSSR count). The Hall–Kier alpha value is -0.900. The van der Waals surface area contributed by atoms with Crippen molar-refractivity contribution in [3.63, 3.8) is 0 Å². The van der Waals surface area contributed by atoms with Gasteiger partial charge in [-0.1, -0.05) is 24.3 Å². The first-order chi connectivity index (χ1) is 6.90. The fourth-order valence-corrected chi connectivity index (χ4v) is 1.69. The normalized spacial score (nSPS) is 22.2. The molecule has 0 bridgehead atoms. The first-order valence-electron chi connectivity index (χ1n) is 4.91. The molecule has 1 saturated heterocycles. The molecule has 0 radical (unpaired) electrons. The molecule has 3 heteroatoms. The van der Waals surface area contributed by atoms with Gasteiger partial charge in [0.05, 0.1) is 25.9 Å². The summed E-state index contributed by atoms with van der Waals surface area (Å²) < 4.78 is 5.39. The van der Waals surface area contributed by atoms with Gasteiger partial charge in [-0.2, -0.15) is 0 Å². The topological polar surface area (TPSA) is 41.5 Å². The lowest BCUT2D eigenvalue weighted by Crippen LogP contribution is -2.34. The average molecular weight is 193 g/mol. The third kappa shape index (κ3) is 2.12. The van der Waals surface area contributed by atoms with Crippen LogP contribution in [-0.2, 0) is 11.3 Å². The van der Waals surface area contributed by atoms with E-state index in [0.29, 0.717) is 0 Å². The molecule has 1 aromatic carbocycles. The van der Waals surface area contributed by atoms with Gasteiger partial charge in [0.15, 0.2) is 0 Å². The van der Waals surface area contributed by atoms with Gasteiger partial charge < -0.3 is 15.2 Å². The maximum absolute atomic E-state index is 9.01. The first kappa shape index (κ1) is 9.65. The van der Waals surface area contributed by atoms with E-state index < -0.39 is 0 Å². The van der Waals surface area contributed by atoms with Crippen molar-refractivity contribution in [2.45, 2.75) is 12.6 Å². The van der Waals surface area contributed by atoms with Crippen molar-refractivity contribution >= 4 is 0 Å². The van der Waals surface area contributed by atoms with Crippen LogP contribution in [0.15, 0.2) is 24.3 Å². The van der Waals surface area contributed by atoms with Crippen LogP contribution in [0, 0.1) is 0 Å². The highest BCUT2D eigenvalue weighted by Gasteiger charge is 2.14. The Kier molecular flexibility index (Phi) is 3.14. The van der Waals surface area contributed by atoms with Gasteiger partial charge in [-0.15, -0.1) is 0 Å². The number of hydrogen-bond acceptors (Lipinski definition) is 3. The minimum Gasteiger partial charge on any atom is -0.392 e. The summed E-state index contributed by atoms with van der Waals surface area (Å²) in [5, 5.41) is 12.4. The molecule has 1 fully saturated rings.